The molecule has 28 heavy (non-hydrogen) atoms. The maximum absolute atomic E-state index is 12.6. The first kappa shape index (κ1) is 19.1. The lowest BCUT2D eigenvalue weighted by molar-refractivity contribution is -0.135. The average Bonchev–Trinajstić information content (AvgIpc) is 3.29. The maximum atomic E-state index is 12.6. The van der Waals surface area contributed by atoms with Crippen molar-refractivity contribution < 1.29 is 4.79 Å². The number of hydrogen-bond acceptors (Lipinski definition) is 2. The maximum Gasteiger partial charge on any atom is 0.139 e. The van der Waals surface area contributed by atoms with Gasteiger partial charge in [0.1, 0.15) is 5.78 Å². The third-order valence-corrected chi connectivity index (χ3v) is 10.1. The van der Waals surface area contributed by atoms with Crippen molar-refractivity contribution in [3.8, 4) is 0 Å². The highest BCUT2D eigenvalue weighted by atomic mass is 16.1. The van der Waals surface area contributed by atoms with Crippen LogP contribution < -0.4 is 5.32 Å². The van der Waals surface area contributed by atoms with Crippen LogP contribution in [0, 0.1) is 46.3 Å². The minimum Gasteiger partial charge on any atom is -0.316 e. The lowest BCUT2D eigenvalue weighted by Gasteiger charge is -2.60. The van der Waals surface area contributed by atoms with Gasteiger partial charge in [0.2, 0.25) is 0 Å². The van der Waals surface area contributed by atoms with Gasteiger partial charge >= 0.3 is 0 Å². The molecule has 2 heteroatoms. The first-order chi connectivity index (χ1) is 13.4. The van der Waals surface area contributed by atoms with Crippen LogP contribution >= 0.6 is 0 Å². The molecule has 8 atom stereocenters. The molecule has 5 rings (SSSR count). The Bertz CT molecular complexity index is 689. The van der Waals surface area contributed by atoms with Gasteiger partial charge in [0.25, 0.3) is 0 Å². The van der Waals surface area contributed by atoms with Crippen molar-refractivity contribution >= 4 is 5.78 Å². The van der Waals surface area contributed by atoms with Gasteiger partial charge in [0.05, 0.1) is 0 Å². The molecule has 1 aliphatic heterocycles. The SMILES string of the molecule is C=C1C[C@@H]2[C@H](CC[C@]3(C)C(=O)CC[C@@H]23)[C@@]2(C)CC[C@@H](/C=C\[C@@H]3CCNC3)CC12. The summed E-state index contributed by atoms with van der Waals surface area (Å²) in [6, 6.07) is 0. The van der Waals surface area contributed by atoms with E-state index in [0.29, 0.717) is 23.0 Å². The number of fused-ring (bicyclic) bond motifs is 5. The second-order valence-electron chi connectivity index (χ2n) is 11.4. The number of hydrogen-bond donors (Lipinski definition) is 1. The Hall–Kier alpha value is -0.890. The van der Waals surface area contributed by atoms with Gasteiger partial charge in [0.15, 0.2) is 0 Å². The van der Waals surface area contributed by atoms with E-state index in [1.807, 2.05) is 0 Å². The highest BCUT2D eigenvalue weighted by molar-refractivity contribution is 5.87. The summed E-state index contributed by atoms with van der Waals surface area (Å²) < 4.78 is 0. The van der Waals surface area contributed by atoms with E-state index in [-0.39, 0.29) is 5.41 Å². The molecule has 5 fully saturated rings. The van der Waals surface area contributed by atoms with Crippen molar-refractivity contribution in [1.82, 2.24) is 5.32 Å². The van der Waals surface area contributed by atoms with Crippen molar-refractivity contribution in [1.29, 1.82) is 0 Å². The normalized spacial score (nSPS) is 51.2. The summed E-state index contributed by atoms with van der Waals surface area (Å²) in [5, 5.41) is 3.48. The van der Waals surface area contributed by atoms with Crippen LogP contribution in [0.4, 0.5) is 0 Å². The van der Waals surface area contributed by atoms with Gasteiger partial charge in [-0.15, -0.1) is 0 Å². The molecule has 4 aliphatic carbocycles. The van der Waals surface area contributed by atoms with E-state index in [2.05, 4.69) is 37.9 Å². The molecule has 1 heterocycles. The Labute approximate surface area is 171 Å². The zero-order valence-corrected chi connectivity index (χ0v) is 18.0. The van der Waals surface area contributed by atoms with Crippen LogP contribution in [0.15, 0.2) is 24.3 Å². The molecule has 1 N–H and O–H groups in total. The van der Waals surface area contributed by atoms with Gasteiger partial charge < -0.3 is 5.32 Å². The zero-order valence-electron chi connectivity index (χ0n) is 18.0. The summed E-state index contributed by atoms with van der Waals surface area (Å²) in [6.45, 7) is 11.9. The van der Waals surface area contributed by atoms with Gasteiger partial charge in [-0.1, -0.05) is 38.2 Å². The molecule has 154 valence electrons. The van der Waals surface area contributed by atoms with Crippen molar-refractivity contribution in [2.75, 3.05) is 13.1 Å². The average molecular weight is 382 g/mol. The zero-order chi connectivity index (χ0) is 19.5. The first-order valence-corrected chi connectivity index (χ1v) is 12.0. The van der Waals surface area contributed by atoms with Crippen molar-refractivity contribution in [3.63, 3.8) is 0 Å². The molecule has 4 saturated carbocycles. The molecule has 0 spiro atoms. The summed E-state index contributed by atoms with van der Waals surface area (Å²) in [5.41, 5.74) is 1.93. The Kier molecular flexibility index (Phi) is 4.66. The van der Waals surface area contributed by atoms with Gasteiger partial charge in [0, 0.05) is 18.4 Å². The molecule has 0 radical (unpaired) electrons. The lowest BCUT2D eigenvalue weighted by atomic mass is 9.44. The van der Waals surface area contributed by atoms with Crippen LogP contribution in [0.1, 0.15) is 71.6 Å². The number of Topliss-reactive ketones (excluding diaryl/α,β-unsaturated/α-hetero) is 1. The fourth-order valence-corrected chi connectivity index (χ4v) is 8.37. The second kappa shape index (κ2) is 6.83. The molecule has 1 saturated heterocycles. The van der Waals surface area contributed by atoms with Crippen molar-refractivity contribution in [3.05, 3.63) is 24.3 Å². The quantitative estimate of drug-likeness (QED) is 0.636. The highest BCUT2D eigenvalue weighted by Crippen LogP contribution is 2.66. The Morgan fingerprint density at radius 2 is 1.86 bits per heavy atom. The summed E-state index contributed by atoms with van der Waals surface area (Å²) in [6.07, 6.45) is 16.0. The van der Waals surface area contributed by atoms with E-state index in [1.54, 1.807) is 0 Å². The van der Waals surface area contributed by atoms with E-state index < -0.39 is 0 Å². The molecular formula is C26H39NO. The second-order valence-corrected chi connectivity index (χ2v) is 11.4. The third-order valence-electron chi connectivity index (χ3n) is 10.1. The van der Waals surface area contributed by atoms with Gasteiger partial charge in [-0.2, -0.15) is 0 Å². The van der Waals surface area contributed by atoms with Crippen LogP contribution in [0.3, 0.4) is 0 Å². The molecule has 0 aromatic heterocycles. The fraction of sp³-hybridized carbons (Fsp3) is 0.808. The van der Waals surface area contributed by atoms with Crippen LogP contribution in [0.25, 0.3) is 0 Å². The standard InChI is InChI=1S/C26H39NO/c1-17-14-20-21-6-7-24(28)26(21,3)12-9-22(20)25(2)11-8-18(15-23(17)25)4-5-19-10-13-27-16-19/h4-5,18-23,27H,1,6-16H2,2-3H3/b5-4-/t18-,19-,20+,21+,22+,23?,25-,26+/m1/s1. The van der Waals surface area contributed by atoms with Crippen molar-refractivity contribution in [2.24, 2.45) is 46.3 Å². The van der Waals surface area contributed by atoms with Gasteiger partial charge in [-0.25, -0.2) is 0 Å². The summed E-state index contributed by atoms with van der Waals surface area (Å²) in [7, 11) is 0. The van der Waals surface area contributed by atoms with E-state index in [1.165, 1.54) is 57.2 Å². The molecule has 5 aliphatic rings. The number of carbonyl (C=O) groups is 1. The largest absolute Gasteiger partial charge is 0.316 e. The minimum atomic E-state index is -0.0140. The van der Waals surface area contributed by atoms with E-state index >= 15 is 0 Å². The summed E-state index contributed by atoms with van der Waals surface area (Å²) in [4.78, 5) is 12.6. The molecule has 0 amide bonds. The molecule has 0 aromatic carbocycles. The van der Waals surface area contributed by atoms with E-state index in [4.69, 9.17) is 0 Å². The minimum absolute atomic E-state index is 0.0140. The van der Waals surface area contributed by atoms with E-state index in [9.17, 15) is 4.79 Å². The number of allylic oxidation sites excluding steroid dienone is 2. The number of rotatable bonds is 2. The number of carbonyl (C=O) groups excluding carboxylic acids is 1. The molecule has 0 aromatic rings. The Balaban J connectivity index is 1.34. The first-order valence-electron chi connectivity index (χ1n) is 12.0. The van der Waals surface area contributed by atoms with Crippen LogP contribution in [0.5, 0.6) is 0 Å². The predicted octanol–water partition coefficient (Wildman–Crippen LogP) is 5.55. The molecule has 0 bridgehead atoms. The van der Waals surface area contributed by atoms with Crippen LogP contribution in [-0.4, -0.2) is 18.9 Å². The van der Waals surface area contributed by atoms with Gasteiger partial charge in [-0.05, 0) is 98.8 Å². The summed E-state index contributed by atoms with van der Waals surface area (Å²) >= 11 is 0. The predicted molar refractivity (Wildman–Crippen MR) is 115 cm³/mol. The van der Waals surface area contributed by atoms with E-state index in [0.717, 1.165) is 42.9 Å². The summed E-state index contributed by atoms with van der Waals surface area (Å²) in [5.74, 6) is 4.91. The third kappa shape index (κ3) is 2.81. The Morgan fingerprint density at radius 1 is 1.04 bits per heavy atom. The fourth-order valence-electron chi connectivity index (χ4n) is 8.37. The topological polar surface area (TPSA) is 29.1 Å². The molecule has 1 unspecified atom stereocenters. The van der Waals surface area contributed by atoms with Crippen LogP contribution in [-0.2, 0) is 4.79 Å². The number of ketones is 1. The van der Waals surface area contributed by atoms with Crippen molar-refractivity contribution in [2.45, 2.75) is 71.6 Å². The monoisotopic (exact) mass is 381 g/mol. The Morgan fingerprint density at radius 3 is 2.64 bits per heavy atom. The lowest BCUT2D eigenvalue weighted by Crippen LogP contribution is -2.54. The van der Waals surface area contributed by atoms with Crippen LogP contribution in [0.2, 0.25) is 0 Å². The highest BCUT2D eigenvalue weighted by Gasteiger charge is 2.60. The molecule has 2 nitrogen and oxygen atoms in total. The number of nitrogens with one attached hydrogen (secondary N) is 1. The molecular weight excluding hydrogens is 342 g/mol. The van der Waals surface area contributed by atoms with Gasteiger partial charge in [-0.3, -0.25) is 4.79 Å². The smallest absolute Gasteiger partial charge is 0.139 e.